The third kappa shape index (κ3) is 8.74. The lowest BCUT2D eigenvalue weighted by atomic mass is 10.1. The number of hydrogen-bond donors (Lipinski definition) is 2. The van der Waals surface area contributed by atoms with Crippen molar-refractivity contribution < 1.29 is 45.8 Å². The quantitative estimate of drug-likeness (QED) is 0.380. The molecule has 39 heavy (non-hydrogen) atoms. The Morgan fingerprint density at radius 3 is 2.59 bits per heavy atom. The van der Waals surface area contributed by atoms with Gasteiger partial charge in [0.1, 0.15) is 12.6 Å². The van der Waals surface area contributed by atoms with Gasteiger partial charge in [0.25, 0.3) is 11.8 Å². The van der Waals surface area contributed by atoms with Gasteiger partial charge in [-0.3, -0.25) is 19.3 Å². The van der Waals surface area contributed by atoms with Crippen LogP contribution in [0.5, 0.6) is 5.75 Å². The molecule has 2 aromatic rings. The molecule has 0 bridgehead atoms. The number of carbonyl (C=O) groups is 3. The average molecular weight is 599 g/mol. The molecule has 0 unspecified atom stereocenters. The standard InChI is InChI=1S/C23H24ClF5N4O5S/c1-2-32(12-23(27,28)29)15(10-30-21(36)17-5-6-18(24)39-17)20(35)31-14-4-3-13(9-16(14)38-22(25)26)33-7-8-37-11-19(33)34/h3-6,9,15,22H,2,7-8,10-12H2,1H3,(H,30,36)(H,31,35)/t15-/m0/s1. The van der Waals surface area contributed by atoms with Crippen LogP contribution >= 0.6 is 22.9 Å². The van der Waals surface area contributed by atoms with E-state index < -0.39 is 55.4 Å². The maximum Gasteiger partial charge on any atom is 0.401 e. The summed E-state index contributed by atoms with van der Waals surface area (Å²) in [4.78, 5) is 40.0. The van der Waals surface area contributed by atoms with Crippen LogP contribution in [0.3, 0.4) is 0 Å². The van der Waals surface area contributed by atoms with E-state index in [4.69, 9.17) is 16.3 Å². The summed E-state index contributed by atoms with van der Waals surface area (Å²) in [6.45, 7) is -3.98. The molecule has 2 N–H and O–H groups in total. The topological polar surface area (TPSA) is 100 Å². The number of thiophene rings is 1. The van der Waals surface area contributed by atoms with Crippen molar-refractivity contribution in [2.45, 2.75) is 25.8 Å². The Labute approximate surface area is 228 Å². The summed E-state index contributed by atoms with van der Waals surface area (Å²) < 4.78 is 76.0. The van der Waals surface area contributed by atoms with Crippen molar-refractivity contribution in [1.29, 1.82) is 0 Å². The molecule has 214 valence electrons. The average Bonchev–Trinajstić information content (AvgIpc) is 3.30. The number of morpholine rings is 1. The molecule has 0 spiro atoms. The van der Waals surface area contributed by atoms with Gasteiger partial charge in [0.15, 0.2) is 5.75 Å². The number of carbonyl (C=O) groups excluding carboxylic acids is 3. The molecule has 1 aromatic carbocycles. The Kier molecular flexibility index (Phi) is 10.5. The van der Waals surface area contributed by atoms with Crippen molar-refractivity contribution in [2.75, 3.05) is 49.6 Å². The maximum atomic E-state index is 13.3. The monoisotopic (exact) mass is 598 g/mol. The molecule has 1 atom stereocenters. The summed E-state index contributed by atoms with van der Waals surface area (Å²) in [5.41, 5.74) is -0.0724. The fourth-order valence-electron chi connectivity index (χ4n) is 3.76. The number of rotatable bonds is 11. The Bertz CT molecular complexity index is 1180. The molecule has 1 aliphatic heterocycles. The molecule has 0 radical (unpaired) electrons. The summed E-state index contributed by atoms with van der Waals surface area (Å²) in [7, 11) is 0. The summed E-state index contributed by atoms with van der Waals surface area (Å²) in [5, 5.41) is 4.74. The molecule has 0 aliphatic carbocycles. The summed E-state index contributed by atoms with van der Waals surface area (Å²) >= 11 is 6.76. The lowest BCUT2D eigenvalue weighted by Gasteiger charge is -2.31. The summed E-state index contributed by atoms with van der Waals surface area (Å²) in [5.74, 6) is -2.60. The van der Waals surface area contributed by atoms with E-state index in [9.17, 15) is 36.3 Å². The zero-order chi connectivity index (χ0) is 28.7. The van der Waals surface area contributed by atoms with Crippen molar-refractivity contribution in [3.05, 3.63) is 39.5 Å². The molecular weight excluding hydrogens is 575 g/mol. The zero-order valence-electron chi connectivity index (χ0n) is 20.4. The smallest absolute Gasteiger partial charge is 0.401 e. The van der Waals surface area contributed by atoms with E-state index in [1.54, 1.807) is 0 Å². The second kappa shape index (κ2) is 13.4. The van der Waals surface area contributed by atoms with E-state index in [0.29, 0.717) is 4.34 Å². The van der Waals surface area contributed by atoms with E-state index in [1.165, 1.54) is 36.1 Å². The molecule has 3 rings (SSSR count). The Balaban J connectivity index is 1.86. The van der Waals surface area contributed by atoms with Gasteiger partial charge in [-0.05, 0) is 30.8 Å². The summed E-state index contributed by atoms with van der Waals surface area (Å²) in [6.07, 6.45) is -4.67. The highest BCUT2D eigenvalue weighted by Gasteiger charge is 2.36. The van der Waals surface area contributed by atoms with E-state index in [0.717, 1.165) is 22.3 Å². The van der Waals surface area contributed by atoms with Gasteiger partial charge >= 0.3 is 12.8 Å². The third-order valence-corrected chi connectivity index (χ3v) is 6.75. The van der Waals surface area contributed by atoms with Gasteiger partial charge in [-0.15, -0.1) is 11.3 Å². The van der Waals surface area contributed by atoms with E-state index in [2.05, 4.69) is 15.4 Å². The third-order valence-electron chi connectivity index (χ3n) is 5.52. The van der Waals surface area contributed by atoms with Crippen LogP contribution in [0.15, 0.2) is 30.3 Å². The predicted molar refractivity (Wildman–Crippen MR) is 134 cm³/mol. The van der Waals surface area contributed by atoms with Crippen molar-refractivity contribution in [3.63, 3.8) is 0 Å². The van der Waals surface area contributed by atoms with Gasteiger partial charge in [0.2, 0.25) is 5.91 Å². The number of hydrogen-bond acceptors (Lipinski definition) is 7. The van der Waals surface area contributed by atoms with E-state index in [1.807, 2.05) is 0 Å². The zero-order valence-corrected chi connectivity index (χ0v) is 22.0. The highest BCUT2D eigenvalue weighted by Crippen LogP contribution is 2.32. The lowest BCUT2D eigenvalue weighted by Crippen LogP contribution is -2.53. The van der Waals surface area contributed by atoms with Crippen LogP contribution in [0.1, 0.15) is 16.6 Å². The van der Waals surface area contributed by atoms with Gasteiger partial charge in [-0.1, -0.05) is 18.5 Å². The lowest BCUT2D eigenvalue weighted by molar-refractivity contribution is -0.153. The normalized spacial score (nSPS) is 15.0. The number of anilines is 2. The van der Waals surface area contributed by atoms with E-state index in [-0.39, 0.29) is 42.6 Å². The van der Waals surface area contributed by atoms with Crippen LogP contribution in [0.4, 0.5) is 33.3 Å². The number of likely N-dealkylation sites (N-methyl/N-ethyl adjacent to an activating group) is 1. The minimum Gasteiger partial charge on any atom is -0.433 e. The van der Waals surface area contributed by atoms with Gasteiger partial charge in [-0.2, -0.15) is 22.0 Å². The molecule has 3 amide bonds. The Hall–Kier alpha value is -3.01. The van der Waals surface area contributed by atoms with Gasteiger partial charge < -0.3 is 25.0 Å². The minimum atomic E-state index is -4.67. The van der Waals surface area contributed by atoms with Crippen LogP contribution in [0.25, 0.3) is 0 Å². The maximum absolute atomic E-state index is 13.3. The molecule has 1 fully saturated rings. The van der Waals surface area contributed by atoms with Gasteiger partial charge in [-0.25, -0.2) is 0 Å². The molecule has 1 aliphatic rings. The van der Waals surface area contributed by atoms with Crippen molar-refractivity contribution in [2.24, 2.45) is 0 Å². The van der Waals surface area contributed by atoms with Crippen molar-refractivity contribution in [1.82, 2.24) is 10.2 Å². The van der Waals surface area contributed by atoms with Crippen LogP contribution in [-0.2, 0) is 14.3 Å². The van der Waals surface area contributed by atoms with Crippen LogP contribution in [0.2, 0.25) is 4.34 Å². The fraction of sp³-hybridized carbons (Fsp3) is 0.435. The van der Waals surface area contributed by atoms with E-state index >= 15 is 0 Å². The number of benzene rings is 1. The molecule has 1 aromatic heterocycles. The second-order valence-electron chi connectivity index (χ2n) is 8.15. The Morgan fingerprint density at radius 1 is 1.26 bits per heavy atom. The fourth-order valence-corrected chi connectivity index (χ4v) is 4.72. The van der Waals surface area contributed by atoms with Gasteiger partial charge in [0.05, 0.1) is 28.1 Å². The Morgan fingerprint density at radius 2 is 2.00 bits per heavy atom. The molecule has 1 saturated heterocycles. The molecule has 16 heteroatoms. The van der Waals surface area contributed by atoms with Crippen molar-refractivity contribution in [3.8, 4) is 5.75 Å². The van der Waals surface area contributed by atoms with Crippen LogP contribution < -0.4 is 20.3 Å². The van der Waals surface area contributed by atoms with Crippen molar-refractivity contribution >= 4 is 52.0 Å². The highest BCUT2D eigenvalue weighted by molar-refractivity contribution is 7.18. The second-order valence-corrected chi connectivity index (χ2v) is 9.87. The number of nitrogens with one attached hydrogen (secondary N) is 2. The largest absolute Gasteiger partial charge is 0.433 e. The SMILES string of the molecule is CCN(CC(F)(F)F)[C@@H](CNC(=O)c1ccc(Cl)s1)C(=O)Nc1ccc(N2CCOCC2=O)cc1OC(F)F. The number of amides is 3. The number of alkyl halides is 5. The first-order valence-corrected chi connectivity index (χ1v) is 12.7. The van der Waals surface area contributed by atoms with Gasteiger partial charge in [0, 0.05) is 24.8 Å². The van der Waals surface area contributed by atoms with Crippen LogP contribution in [-0.4, -0.2) is 80.8 Å². The molecule has 0 saturated carbocycles. The predicted octanol–water partition coefficient (Wildman–Crippen LogP) is 3.99. The molecular formula is C23H24ClF5N4O5S. The molecule has 2 heterocycles. The van der Waals surface area contributed by atoms with Crippen LogP contribution in [0, 0.1) is 0 Å². The number of ether oxygens (including phenoxy) is 2. The number of nitrogens with zero attached hydrogens (tertiary/aromatic N) is 2. The first-order chi connectivity index (χ1) is 18.4. The minimum absolute atomic E-state index is 0.152. The number of halogens is 6. The first kappa shape index (κ1) is 30.5. The highest BCUT2D eigenvalue weighted by atomic mass is 35.5. The summed E-state index contributed by atoms with van der Waals surface area (Å²) in [6, 6.07) is 5.00. The first-order valence-electron chi connectivity index (χ1n) is 11.5. The molecule has 9 nitrogen and oxygen atoms in total.